The third kappa shape index (κ3) is 3.65. The fraction of sp³-hybridized carbons (Fsp3) is 0.300. The Hall–Kier alpha value is -2.62. The summed E-state index contributed by atoms with van der Waals surface area (Å²) in [7, 11) is 3.35. The molecule has 0 saturated heterocycles. The van der Waals surface area contributed by atoms with Crippen LogP contribution in [-0.4, -0.2) is 30.8 Å². The number of methoxy groups -OCH3 is 2. The molecule has 24 heavy (non-hydrogen) atoms. The second-order valence-electron chi connectivity index (χ2n) is 5.95. The number of benzene rings is 2. The molecule has 0 aromatic heterocycles. The summed E-state index contributed by atoms with van der Waals surface area (Å²) in [6.45, 7) is 1.82. The molecule has 1 aliphatic rings. The molecule has 0 bridgehead atoms. The van der Waals surface area contributed by atoms with E-state index in [0.717, 1.165) is 43.0 Å². The molecule has 1 N–H and O–H groups in total. The van der Waals surface area contributed by atoms with Crippen LogP contribution in [0.15, 0.2) is 48.7 Å². The first kappa shape index (κ1) is 16.2. The number of phenolic OH excluding ortho intramolecular Hbond substituents is 1. The molecule has 4 nitrogen and oxygen atoms in total. The summed E-state index contributed by atoms with van der Waals surface area (Å²) < 4.78 is 10.8. The van der Waals surface area contributed by atoms with E-state index in [4.69, 9.17) is 9.47 Å². The fourth-order valence-corrected chi connectivity index (χ4v) is 3.04. The van der Waals surface area contributed by atoms with Gasteiger partial charge < -0.3 is 19.5 Å². The Bertz CT molecular complexity index is 722. The largest absolute Gasteiger partial charge is 0.508 e. The van der Waals surface area contributed by atoms with Crippen LogP contribution in [0, 0.1) is 0 Å². The summed E-state index contributed by atoms with van der Waals surface area (Å²) in [5, 5.41) is 9.45. The minimum atomic E-state index is 0.301. The number of allylic oxidation sites excluding steroid dienone is 1. The molecular weight excluding hydrogens is 302 g/mol. The van der Waals surface area contributed by atoms with Crippen molar-refractivity contribution in [1.29, 1.82) is 0 Å². The Balaban J connectivity index is 1.80. The fourth-order valence-electron chi connectivity index (χ4n) is 3.04. The molecule has 0 unspecified atom stereocenters. The quantitative estimate of drug-likeness (QED) is 0.900. The summed E-state index contributed by atoms with van der Waals surface area (Å²) >= 11 is 0. The Labute approximate surface area is 142 Å². The maximum absolute atomic E-state index is 9.45. The second kappa shape index (κ2) is 7.30. The van der Waals surface area contributed by atoms with Crippen molar-refractivity contribution in [2.24, 2.45) is 0 Å². The summed E-state index contributed by atoms with van der Waals surface area (Å²) in [5.41, 5.74) is 3.61. The van der Waals surface area contributed by atoms with E-state index in [2.05, 4.69) is 17.2 Å². The predicted molar refractivity (Wildman–Crippen MR) is 95.3 cm³/mol. The maximum atomic E-state index is 9.45. The highest BCUT2D eigenvalue weighted by atomic mass is 16.5. The minimum Gasteiger partial charge on any atom is -0.508 e. The van der Waals surface area contributed by atoms with Gasteiger partial charge in [0.1, 0.15) is 17.2 Å². The van der Waals surface area contributed by atoms with E-state index >= 15 is 0 Å². The summed E-state index contributed by atoms with van der Waals surface area (Å²) in [6, 6.07) is 13.4. The van der Waals surface area contributed by atoms with Crippen molar-refractivity contribution in [3.63, 3.8) is 0 Å². The van der Waals surface area contributed by atoms with Gasteiger partial charge in [-0.15, -0.1) is 0 Å². The van der Waals surface area contributed by atoms with Crippen LogP contribution in [0.25, 0.3) is 5.57 Å². The van der Waals surface area contributed by atoms with Gasteiger partial charge in [0, 0.05) is 30.9 Å². The van der Waals surface area contributed by atoms with E-state index in [1.807, 2.05) is 24.3 Å². The predicted octanol–water partition coefficient (Wildman–Crippen LogP) is 4.05. The zero-order chi connectivity index (χ0) is 16.9. The molecule has 0 saturated carbocycles. The van der Waals surface area contributed by atoms with E-state index in [-0.39, 0.29) is 0 Å². The lowest BCUT2D eigenvalue weighted by molar-refractivity contribution is 0.338. The molecule has 2 aromatic carbocycles. The van der Waals surface area contributed by atoms with Gasteiger partial charge in [-0.2, -0.15) is 0 Å². The number of ether oxygens (including phenoxy) is 2. The second-order valence-corrected chi connectivity index (χ2v) is 5.95. The Morgan fingerprint density at radius 2 is 1.83 bits per heavy atom. The van der Waals surface area contributed by atoms with Gasteiger partial charge in [0.25, 0.3) is 0 Å². The van der Waals surface area contributed by atoms with Gasteiger partial charge in [-0.25, -0.2) is 0 Å². The highest BCUT2D eigenvalue weighted by Gasteiger charge is 2.14. The van der Waals surface area contributed by atoms with E-state index < -0.39 is 0 Å². The van der Waals surface area contributed by atoms with Crippen LogP contribution in [0.1, 0.15) is 24.0 Å². The van der Waals surface area contributed by atoms with Gasteiger partial charge >= 0.3 is 0 Å². The van der Waals surface area contributed by atoms with Gasteiger partial charge in [-0.1, -0.05) is 12.1 Å². The van der Waals surface area contributed by atoms with Gasteiger partial charge in [0.05, 0.1) is 14.2 Å². The molecule has 0 fully saturated rings. The van der Waals surface area contributed by atoms with Gasteiger partial charge in [-0.05, 0) is 48.2 Å². The van der Waals surface area contributed by atoms with Crippen LogP contribution in [-0.2, 0) is 6.54 Å². The van der Waals surface area contributed by atoms with E-state index in [1.165, 1.54) is 11.1 Å². The molecule has 4 heteroatoms. The molecule has 2 aromatic rings. The highest BCUT2D eigenvalue weighted by Crippen LogP contribution is 2.30. The van der Waals surface area contributed by atoms with Crippen LogP contribution >= 0.6 is 0 Å². The van der Waals surface area contributed by atoms with Crippen LogP contribution < -0.4 is 9.47 Å². The SMILES string of the molecule is COc1ccc(CN2C=C(c3ccc(O)cc3)CCC2)c(OC)c1. The third-order valence-corrected chi connectivity index (χ3v) is 4.34. The lowest BCUT2D eigenvalue weighted by atomic mass is 9.99. The molecule has 0 atom stereocenters. The summed E-state index contributed by atoms with van der Waals surface area (Å²) in [4.78, 5) is 2.32. The lowest BCUT2D eigenvalue weighted by Gasteiger charge is -2.27. The van der Waals surface area contributed by atoms with Crippen molar-refractivity contribution < 1.29 is 14.6 Å². The smallest absolute Gasteiger partial charge is 0.127 e. The molecule has 0 radical (unpaired) electrons. The van der Waals surface area contributed by atoms with Gasteiger partial charge in [0.2, 0.25) is 0 Å². The number of aromatic hydroxyl groups is 1. The lowest BCUT2D eigenvalue weighted by Crippen LogP contribution is -2.22. The number of hydrogen-bond acceptors (Lipinski definition) is 4. The number of hydrogen-bond donors (Lipinski definition) is 1. The Kier molecular flexibility index (Phi) is 4.94. The highest BCUT2D eigenvalue weighted by molar-refractivity contribution is 5.66. The molecule has 0 spiro atoms. The van der Waals surface area contributed by atoms with E-state index in [0.29, 0.717) is 5.75 Å². The maximum Gasteiger partial charge on any atom is 0.127 e. The van der Waals surface area contributed by atoms with Crippen LogP contribution in [0.2, 0.25) is 0 Å². The molecule has 1 heterocycles. The minimum absolute atomic E-state index is 0.301. The first-order valence-corrected chi connectivity index (χ1v) is 8.14. The molecule has 1 aliphatic heterocycles. The topological polar surface area (TPSA) is 41.9 Å². The monoisotopic (exact) mass is 325 g/mol. The van der Waals surface area contributed by atoms with E-state index in [1.54, 1.807) is 26.4 Å². The number of rotatable bonds is 5. The molecule has 3 rings (SSSR count). The summed E-state index contributed by atoms with van der Waals surface area (Å²) in [6.07, 6.45) is 4.39. The van der Waals surface area contributed by atoms with Crippen molar-refractivity contribution in [2.75, 3.05) is 20.8 Å². The zero-order valence-corrected chi connectivity index (χ0v) is 14.2. The van der Waals surface area contributed by atoms with Crippen molar-refractivity contribution in [2.45, 2.75) is 19.4 Å². The average Bonchev–Trinajstić information content (AvgIpc) is 2.63. The Morgan fingerprint density at radius 1 is 1.04 bits per heavy atom. The van der Waals surface area contributed by atoms with Crippen molar-refractivity contribution in [1.82, 2.24) is 4.90 Å². The molecule has 126 valence electrons. The number of phenols is 1. The first-order chi connectivity index (χ1) is 11.7. The van der Waals surface area contributed by atoms with Crippen molar-refractivity contribution >= 4 is 5.57 Å². The zero-order valence-electron chi connectivity index (χ0n) is 14.2. The van der Waals surface area contributed by atoms with E-state index in [9.17, 15) is 5.11 Å². The molecule has 0 aliphatic carbocycles. The molecular formula is C20H23NO3. The normalized spacial score (nSPS) is 14.2. The van der Waals surface area contributed by atoms with Crippen molar-refractivity contribution in [3.8, 4) is 17.2 Å². The molecule has 0 amide bonds. The Morgan fingerprint density at radius 3 is 2.54 bits per heavy atom. The average molecular weight is 325 g/mol. The van der Waals surface area contributed by atoms with Crippen LogP contribution in [0.4, 0.5) is 0 Å². The van der Waals surface area contributed by atoms with Gasteiger partial charge in [0.15, 0.2) is 0 Å². The van der Waals surface area contributed by atoms with Crippen LogP contribution in [0.5, 0.6) is 17.2 Å². The summed E-state index contributed by atoms with van der Waals surface area (Å²) in [5.74, 6) is 1.95. The standard InChI is InChI=1S/C20H23NO3/c1-23-19-10-7-17(20(12-19)24-2)14-21-11-3-4-16(13-21)15-5-8-18(22)9-6-15/h5-10,12-13,22H,3-4,11,14H2,1-2H3. The van der Waals surface area contributed by atoms with Crippen molar-refractivity contribution in [3.05, 3.63) is 59.8 Å². The number of nitrogens with zero attached hydrogens (tertiary/aromatic N) is 1. The van der Waals surface area contributed by atoms with Gasteiger partial charge in [-0.3, -0.25) is 0 Å². The van der Waals surface area contributed by atoms with Crippen LogP contribution in [0.3, 0.4) is 0 Å². The first-order valence-electron chi connectivity index (χ1n) is 8.14. The third-order valence-electron chi connectivity index (χ3n) is 4.34.